The first-order chi connectivity index (χ1) is 9.65. The number of hydrogen-bond acceptors (Lipinski definition) is 2. The molecule has 5 heteroatoms. The van der Waals surface area contributed by atoms with Gasteiger partial charge < -0.3 is 9.47 Å². The van der Waals surface area contributed by atoms with Crippen molar-refractivity contribution in [1.29, 1.82) is 0 Å². The van der Waals surface area contributed by atoms with Gasteiger partial charge in [0.25, 0.3) is 0 Å². The van der Waals surface area contributed by atoms with E-state index in [4.69, 9.17) is 32.7 Å². The second-order valence-electron chi connectivity index (χ2n) is 4.48. The Morgan fingerprint density at radius 3 is 2.75 bits per heavy atom. The van der Waals surface area contributed by atoms with Gasteiger partial charge in [0.1, 0.15) is 5.82 Å². The van der Waals surface area contributed by atoms with Crippen LogP contribution in [0.1, 0.15) is 16.5 Å². The van der Waals surface area contributed by atoms with Crippen LogP contribution in [0.15, 0.2) is 36.4 Å². The molecule has 1 aliphatic heterocycles. The SMILES string of the molecule is Fc1cccc(Cl)c1CC(Cl)c1ccc2c(c1)OCO2. The van der Waals surface area contributed by atoms with E-state index in [1.807, 2.05) is 12.1 Å². The monoisotopic (exact) mass is 312 g/mol. The van der Waals surface area contributed by atoms with E-state index >= 15 is 0 Å². The Hall–Kier alpha value is -1.45. The molecule has 0 N–H and O–H groups in total. The van der Waals surface area contributed by atoms with Crippen LogP contribution in [-0.2, 0) is 6.42 Å². The molecule has 2 nitrogen and oxygen atoms in total. The average Bonchev–Trinajstić information content (AvgIpc) is 2.90. The van der Waals surface area contributed by atoms with Gasteiger partial charge in [-0.05, 0) is 36.2 Å². The van der Waals surface area contributed by atoms with Crippen LogP contribution in [-0.4, -0.2) is 6.79 Å². The molecule has 0 radical (unpaired) electrons. The zero-order valence-corrected chi connectivity index (χ0v) is 11.9. The molecule has 0 aliphatic carbocycles. The van der Waals surface area contributed by atoms with Crippen molar-refractivity contribution >= 4 is 23.2 Å². The second kappa shape index (κ2) is 5.51. The smallest absolute Gasteiger partial charge is 0.231 e. The highest BCUT2D eigenvalue weighted by Gasteiger charge is 2.19. The van der Waals surface area contributed by atoms with Gasteiger partial charge in [-0.1, -0.05) is 23.7 Å². The van der Waals surface area contributed by atoms with E-state index in [-0.39, 0.29) is 18.0 Å². The van der Waals surface area contributed by atoms with Gasteiger partial charge in [0.2, 0.25) is 6.79 Å². The molecular weight excluding hydrogens is 302 g/mol. The van der Waals surface area contributed by atoms with Crippen LogP contribution < -0.4 is 9.47 Å². The summed E-state index contributed by atoms with van der Waals surface area (Å²) in [6.07, 6.45) is 0.312. The number of halogens is 3. The molecule has 1 heterocycles. The topological polar surface area (TPSA) is 18.5 Å². The van der Waals surface area contributed by atoms with Crippen LogP contribution in [0.2, 0.25) is 5.02 Å². The maximum atomic E-state index is 13.8. The van der Waals surface area contributed by atoms with E-state index in [9.17, 15) is 4.39 Å². The summed E-state index contributed by atoms with van der Waals surface area (Å²) >= 11 is 12.4. The van der Waals surface area contributed by atoms with E-state index < -0.39 is 0 Å². The molecule has 0 aromatic heterocycles. The van der Waals surface area contributed by atoms with E-state index in [1.165, 1.54) is 6.07 Å². The lowest BCUT2D eigenvalue weighted by molar-refractivity contribution is 0.174. The lowest BCUT2D eigenvalue weighted by atomic mass is 10.0. The fraction of sp³-hybridized carbons (Fsp3) is 0.200. The Kier molecular flexibility index (Phi) is 3.72. The van der Waals surface area contributed by atoms with Crippen molar-refractivity contribution in [1.82, 2.24) is 0 Å². The molecule has 1 unspecified atom stereocenters. The predicted octanol–water partition coefficient (Wildman–Crippen LogP) is 4.73. The Bertz CT molecular complexity index is 626. The summed E-state index contributed by atoms with van der Waals surface area (Å²) < 4.78 is 24.3. The van der Waals surface area contributed by atoms with E-state index in [1.54, 1.807) is 18.2 Å². The maximum absolute atomic E-state index is 13.8. The number of fused-ring (bicyclic) bond motifs is 1. The first-order valence-electron chi connectivity index (χ1n) is 6.11. The number of hydrogen-bond donors (Lipinski definition) is 0. The fourth-order valence-corrected chi connectivity index (χ4v) is 2.66. The minimum absolute atomic E-state index is 0.213. The summed E-state index contributed by atoms with van der Waals surface area (Å²) in [7, 11) is 0. The van der Waals surface area contributed by atoms with Crippen molar-refractivity contribution in [2.24, 2.45) is 0 Å². The van der Waals surface area contributed by atoms with Crippen molar-refractivity contribution in [3.63, 3.8) is 0 Å². The Morgan fingerprint density at radius 1 is 1.15 bits per heavy atom. The average molecular weight is 313 g/mol. The lowest BCUT2D eigenvalue weighted by Gasteiger charge is -2.12. The summed E-state index contributed by atoms with van der Waals surface area (Å²) in [4.78, 5) is 0. The molecule has 2 aromatic rings. The highest BCUT2D eigenvalue weighted by atomic mass is 35.5. The van der Waals surface area contributed by atoms with Gasteiger partial charge in [-0.25, -0.2) is 4.39 Å². The summed E-state index contributed by atoms with van der Waals surface area (Å²) in [5, 5.41) is -0.00436. The maximum Gasteiger partial charge on any atom is 0.231 e. The van der Waals surface area contributed by atoms with Gasteiger partial charge in [0.15, 0.2) is 11.5 Å². The highest BCUT2D eigenvalue weighted by Crippen LogP contribution is 2.37. The van der Waals surface area contributed by atoms with E-state index in [2.05, 4.69) is 0 Å². The Labute approximate surface area is 126 Å². The third kappa shape index (κ3) is 2.56. The van der Waals surface area contributed by atoms with Crippen LogP contribution in [0.5, 0.6) is 11.5 Å². The van der Waals surface area contributed by atoms with Crippen molar-refractivity contribution in [3.05, 3.63) is 58.4 Å². The van der Waals surface area contributed by atoms with Gasteiger partial charge in [-0.2, -0.15) is 0 Å². The van der Waals surface area contributed by atoms with Gasteiger partial charge in [0, 0.05) is 10.6 Å². The molecule has 0 saturated carbocycles. The molecule has 0 saturated heterocycles. The third-order valence-corrected chi connectivity index (χ3v) is 3.96. The highest BCUT2D eigenvalue weighted by molar-refractivity contribution is 6.31. The zero-order chi connectivity index (χ0) is 14.1. The molecule has 20 heavy (non-hydrogen) atoms. The summed E-state index contributed by atoms with van der Waals surface area (Å²) in [5.74, 6) is 1.01. The van der Waals surface area contributed by atoms with Crippen LogP contribution >= 0.6 is 23.2 Å². The van der Waals surface area contributed by atoms with E-state index in [0.29, 0.717) is 28.5 Å². The van der Waals surface area contributed by atoms with Gasteiger partial charge in [-0.3, -0.25) is 0 Å². The van der Waals surface area contributed by atoms with Gasteiger partial charge in [0.05, 0.1) is 5.38 Å². The number of alkyl halides is 1. The quantitative estimate of drug-likeness (QED) is 0.763. The number of rotatable bonds is 3. The number of ether oxygens (including phenoxy) is 2. The number of benzene rings is 2. The molecule has 0 bridgehead atoms. The van der Waals surface area contributed by atoms with E-state index in [0.717, 1.165) is 5.56 Å². The van der Waals surface area contributed by atoms with Crippen molar-refractivity contribution in [2.45, 2.75) is 11.8 Å². The lowest BCUT2D eigenvalue weighted by Crippen LogP contribution is -1.99. The van der Waals surface area contributed by atoms with Crippen molar-refractivity contribution < 1.29 is 13.9 Å². The van der Waals surface area contributed by atoms with Crippen molar-refractivity contribution in [2.75, 3.05) is 6.79 Å². The molecule has 2 aromatic carbocycles. The van der Waals surface area contributed by atoms with Crippen LogP contribution in [0, 0.1) is 5.82 Å². The van der Waals surface area contributed by atoms with Crippen molar-refractivity contribution in [3.8, 4) is 11.5 Å². The standard InChI is InChI=1S/C15H11Cl2FO2/c16-11-2-1-3-13(18)10(11)7-12(17)9-4-5-14-15(6-9)20-8-19-14/h1-6,12H,7-8H2. The van der Waals surface area contributed by atoms with Crippen LogP contribution in [0.25, 0.3) is 0 Å². The molecule has 1 atom stereocenters. The van der Waals surface area contributed by atoms with Crippen LogP contribution in [0.3, 0.4) is 0 Å². The summed E-state index contributed by atoms with van der Waals surface area (Å²) in [6, 6.07) is 10.1. The molecule has 0 spiro atoms. The minimum atomic E-state index is -0.390. The molecule has 0 fully saturated rings. The molecule has 3 rings (SSSR count). The van der Waals surface area contributed by atoms with Gasteiger partial charge in [-0.15, -0.1) is 11.6 Å². The largest absolute Gasteiger partial charge is 0.454 e. The summed E-state index contributed by atoms with van der Waals surface area (Å²) in [6.45, 7) is 0.213. The Balaban J connectivity index is 1.84. The van der Waals surface area contributed by atoms with Gasteiger partial charge >= 0.3 is 0 Å². The zero-order valence-electron chi connectivity index (χ0n) is 10.4. The Morgan fingerprint density at radius 2 is 1.95 bits per heavy atom. The second-order valence-corrected chi connectivity index (χ2v) is 5.42. The van der Waals surface area contributed by atoms with Crippen LogP contribution in [0.4, 0.5) is 4.39 Å². The molecule has 104 valence electrons. The molecule has 1 aliphatic rings. The first kappa shape index (κ1) is 13.5. The third-order valence-electron chi connectivity index (χ3n) is 3.20. The fourth-order valence-electron chi connectivity index (χ4n) is 2.13. The minimum Gasteiger partial charge on any atom is -0.454 e. The first-order valence-corrected chi connectivity index (χ1v) is 6.93. The normalized spacial score (nSPS) is 14.3. The molecular formula is C15H11Cl2FO2. The predicted molar refractivity (Wildman–Crippen MR) is 76.3 cm³/mol. The molecule has 0 amide bonds. The summed E-state index contributed by atoms with van der Waals surface area (Å²) in [5.41, 5.74) is 1.27.